The molecule has 8 heteroatoms. The fourth-order valence-electron chi connectivity index (χ4n) is 2.09. The maximum Gasteiger partial charge on any atom is 0.221 e. The van der Waals surface area contributed by atoms with Crippen molar-refractivity contribution in [2.45, 2.75) is 27.2 Å². The van der Waals surface area contributed by atoms with E-state index in [9.17, 15) is 4.79 Å². The number of anilines is 1. The smallest absolute Gasteiger partial charge is 0.221 e. The Morgan fingerprint density at radius 2 is 1.85 bits per heavy atom. The number of carbonyl (C=O) groups is 1. The lowest BCUT2D eigenvalue weighted by molar-refractivity contribution is -0.114. The van der Waals surface area contributed by atoms with E-state index in [1.54, 1.807) is 13.1 Å². The van der Waals surface area contributed by atoms with Crippen molar-refractivity contribution in [1.82, 2.24) is 10.6 Å². The summed E-state index contributed by atoms with van der Waals surface area (Å²) in [6.07, 6.45) is 1.08. The molecule has 0 aliphatic rings. The predicted octanol–water partition coefficient (Wildman–Crippen LogP) is 2.87. The van der Waals surface area contributed by atoms with Gasteiger partial charge in [-0.2, -0.15) is 0 Å². The summed E-state index contributed by atoms with van der Waals surface area (Å²) in [5, 5.41) is 9.11. The first kappa shape index (κ1) is 25.4. The van der Waals surface area contributed by atoms with E-state index in [2.05, 4.69) is 34.8 Å². The lowest BCUT2D eigenvalue weighted by atomic mass is 10.1. The van der Waals surface area contributed by atoms with Crippen LogP contribution in [0.5, 0.6) is 5.75 Å². The summed E-state index contributed by atoms with van der Waals surface area (Å²) in [4.78, 5) is 15.2. The van der Waals surface area contributed by atoms with Crippen LogP contribution in [0.2, 0.25) is 0 Å². The zero-order valence-electron chi connectivity index (χ0n) is 16.7. The number of nitrogens with zero attached hydrogens (tertiary/aromatic N) is 1. The molecule has 27 heavy (non-hydrogen) atoms. The van der Waals surface area contributed by atoms with E-state index in [0.29, 0.717) is 43.9 Å². The summed E-state index contributed by atoms with van der Waals surface area (Å²) in [6, 6.07) is 7.31. The van der Waals surface area contributed by atoms with Crippen molar-refractivity contribution in [1.29, 1.82) is 0 Å². The number of aliphatic imine (C=N–C) groups is 1. The Bertz CT molecular complexity index is 568. The van der Waals surface area contributed by atoms with E-state index in [4.69, 9.17) is 9.47 Å². The molecule has 0 bridgehead atoms. The van der Waals surface area contributed by atoms with Gasteiger partial charge in [0.25, 0.3) is 0 Å². The van der Waals surface area contributed by atoms with Gasteiger partial charge < -0.3 is 25.4 Å². The first-order valence-corrected chi connectivity index (χ1v) is 9.04. The molecular weight excluding hydrogens is 459 g/mol. The van der Waals surface area contributed by atoms with Crippen LogP contribution in [0.3, 0.4) is 0 Å². The van der Waals surface area contributed by atoms with E-state index >= 15 is 0 Å². The number of nitrogens with one attached hydrogen (secondary N) is 3. The lowest BCUT2D eigenvalue weighted by Crippen LogP contribution is -2.40. The Morgan fingerprint density at radius 1 is 1.15 bits per heavy atom. The van der Waals surface area contributed by atoms with Gasteiger partial charge >= 0.3 is 0 Å². The van der Waals surface area contributed by atoms with Crippen LogP contribution in [0, 0.1) is 5.92 Å². The van der Waals surface area contributed by atoms with Crippen molar-refractivity contribution >= 4 is 41.5 Å². The van der Waals surface area contributed by atoms with Crippen LogP contribution in [0.15, 0.2) is 29.3 Å². The van der Waals surface area contributed by atoms with Crippen LogP contribution in [-0.4, -0.2) is 51.8 Å². The molecule has 1 rings (SSSR count). The molecule has 0 heterocycles. The highest BCUT2D eigenvalue weighted by Crippen LogP contribution is 2.16. The van der Waals surface area contributed by atoms with Gasteiger partial charge in [0.05, 0.1) is 13.2 Å². The van der Waals surface area contributed by atoms with Crippen molar-refractivity contribution in [3.8, 4) is 5.75 Å². The Balaban J connectivity index is 0.00000676. The maximum absolute atomic E-state index is 11.1. The predicted molar refractivity (Wildman–Crippen MR) is 121 cm³/mol. The van der Waals surface area contributed by atoms with Crippen molar-refractivity contribution in [3.63, 3.8) is 0 Å². The standard InChI is InChI=1S/C19H32N4O3.HI/c1-15(2)8-11-25-12-9-21-19(20-4)22-10-13-26-18-7-5-6-17(14-18)23-16(3)24;/h5-7,14-15H,8-13H2,1-4H3,(H,23,24)(H2,20,21,22);1H. The molecule has 0 aliphatic heterocycles. The molecule has 0 aromatic heterocycles. The molecule has 1 aromatic rings. The fourth-order valence-corrected chi connectivity index (χ4v) is 2.09. The number of benzene rings is 1. The number of guanidine groups is 1. The number of hydrogen-bond acceptors (Lipinski definition) is 4. The first-order chi connectivity index (χ1) is 12.5. The molecule has 0 aliphatic carbocycles. The molecule has 3 N–H and O–H groups in total. The van der Waals surface area contributed by atoms with E-state index < -0.39 is 0 Å². The quantitative estimate of drug-likeness (QED) is 0.192. The normalized spacial score (nSPS) is 10.9. The molecule has 0 fully saturated rings. The van der Waals surface area contributed by atoms with Gasteiger partial charge in [0.1, 0.15) is 12.4 Å². The summed E-state index contributed by atoms with van der Waals surface area (Å²) in [5.74, 6) is 1.98. The largest absolute Gasteiger partial charge is 0.492 e. The van der Waals surface area contributed by atoms with Crippen LogP contribution in [0.4, 0.5) is 5.69 Å². The van der Waals surface area contributed by atoms with Crippen LogP contribution in [0.1, 0.15) is 27.2 Å². The maximum atomic E-state index is 11.1. The first-order valence-electron chi connectivity index (χ1n) is 9.04. The molecule has 1 aromatic carbocycles. The summed E-state index contributed by atoms with van der Waals surface area (Å²) in [5.41, 5.74) is 0.720. The molecular formula is C19H33IN4O3. The van der Waals surface area contributed by atoms with Crippen molar-refractivity contribution in [3.05, 3.63) is 24.3 Å². The minimum absolute atomic E-state index is 0. The third-order valence-electron chi connectivity index (χ3n) is 3.42. The number of hydrogen-bond donors (Lipinski definition) is 3. The highest BCUT2D eigenvalue weighted by atomic mass is 127. The van der Waals surface area contributed by atoms with E-state index in [1.807, 2.05) is 18.2 Å². The summed E-state index contributed by atoms with van der Waals surface area (Å²) >= 11 is 0. The molecule has 0 radical (unpaired) electrons. The SMILES string of the molecule is CN=C(NCCOCCC(C)C)NCCOc1cccc(NC(C)=O)c1.I. The van der Waals surface area contributed by atoms with Gasteiger partial charge in [0.2, 0.25) is 5.91 Å². The average Bonchev–Trinajstić information content (AvgIpc) is 2.59. The Hall–Kier alpha value is -1.55. The van der Waals surface area contributed by atoms with E-state index in [-0.39, 0.29) is 29.9 Å². The third-order valence-corrected chi connectivity index (χ3v) is 3.42. The molecule has 0 saturated heterocycles. The lowest BCUT2D eigenvalue weighted by Gasteiger charge is -2.13. The third kappa shape index (κ3) is 13.3. The molecule has 0 unspecified atom stereocenters. The molecule has 0 spiro atoms. The minimum Gasteiger partial charge on any atom is -0.492 e. The highest BCUT2D eigenvalue weighted by Gasteiger charge is 2.00. The molecule has 154 valence electrons. The van der Waals surface area contributed by atoms with E-state index in [0.717, 1.165) is 18.7 Å². The summed E-state index contributed by atoms with van der Waals surface area (Å²) in [7, 11) is 1.73. The molecule has 1 amide bonds. The van der Waals surface area contributed by atoms with Gasteiger partial charge in [0, 0.05) is 38.9 Å². The van der Waals surface area contributed by atoms with Gasteiger partial charge in [-0.05, 0) is 24.5 Å². The van der Waals surface area contributed by atoms with Crippen molar-refractivity contribution in [2.75, 3.05) is 45.3 Å². The van der Waals surface area contributed by atoms with Gasteiger partial charge in [-0.15, -0.1) is 24.0 Å². The Kier molecular flexibility index (Phi) is 14.6. The van der Waals surface area contributed by atoms with Gasteiger partial charge in [-0.25, -0.2) is 0 Å². The summed E-state index contributed by atoms with van der Waals surface area (Å²) in [6.45, 7) is 9.09. The van der Waals surface area contributed by atoms with Crippen LogP contribution in [0.25, 0.3) is 0 Å². The van der Waals surface area contributed by atoms with Crippen LogP contribution in [-0.2, 0) is 9.53 Å². The number of rotatable bonds is 11. The Labute approximate surface area is 179 Å². The molecule has 0 saturated carbocycles. The van der Waals surface area contributed by atoms with Crippen LogP contribution < -0.4 is 20.7 Å². The summed E-state index contributed by atoms with van der Waals surface area (Å²) < 4.78 is 11.2. The van der Waals surface area contributed by atoms with Crippen molar-refractivity contribution in [2.24, 2.45) is 10.9 Å². The van der Waals surface area contributed by atoms with Gasteiger partial charge in [-0.1, -0.05) is 19.9 Å². The van der Waals surface area contributed by atoms with Gasteiger partial charge in [0.15, 0.2) is 5.96 Å². The molecule has 7 nitrogen and oxygen atoms in total. The van der Waals surface area contributed by atoms with Crippen molar-refractivity contribution < 1.29 is 14.3 Å². The topological polar surface area (TPSA) is 84.0 Å². The highest BCUT2D eigenvalue weighted by molar-refractivity contribution is 14.0. The van der Waals surface area contributed by atoms with E-state index in [1.165, 1.54) is 6.92 Å². The number of carbonyl (C=O) groups excluding carboxylic acids is 1. The van der Waals surface area contributed by atoms with Crippen LogP contribution >= 0.6 is 24.0 Å². The number of halogens is 1. The zero-order valence-corrected chi connectivity index (χ0v) is 19.0. The monoisotopic (exact) mass is 492 g/mol. The van der Waals surface area contributed by atoms with Gasteiger partial charge in [-0.3, -0.25) is 9.79 Å². The number of amides is 1. The minimum atomic E-state index is -0.105. The second kappa shape index (κ2) is 15.5. The zero-order chi connectivity index (χ0) is 19.2. The average molecular weight is 492 g/mol. The molecule has 0 atom stereocenters. The Morgan fingerprint density at radius 3 is 2.48 bits per heavy atom. The number of ether oxygens (including phenoxy) is 2. The second-order valence-corrected chi connectivity index (χ2v) is 6.28. The fraction of sp³-hybridized carbons (Fsp3) is 0.579. The second-order valence-electron chi connectivity index (χ2n) is 6.28.